The Balaban J connectivity index is 1.91. The number of nitrogens with one attached hydrogen (secondary N) is 2. The molecule has 0 fully saturated rings. The molecule has 2 amide bonds. The Labute approximate surface area is 243 Å². The van der Waals surface area contributed by atoms with Gasteiger partial charge in [0.05, 0.1) is 18.0 Å². The summed E-state index contributed by atoms with van der Waals surface area (Å²) in [5.74, 6) is -1.68. The molecule has 0 bridgehead atoms. The van der Waals surface area contributed by atoms with Gasteiger partial charge in [0.2, 0.25) is 19.9 Å². The first-order valence-corrected chi connectivity index (χ1v) is 15.9. The summed E-state index contributed by atoms with van der Waals surface area (Å²) in [7, 11) is -5.81. The highest BCUT2D eigenvalue weighted by atomic mass is 32.2. The summed E-state index contributed by atoms with van der Waals surface area (Å²) in [6.45, 7) is 5.29. The number of anilines is 2. The number of fused-ring (bicyclic) bond motifs is 1. The maximum absolute atomic E-state index is 14.0. The lowest BCUT2D eigenvalue weighted by Crippen LogP contribution is -2.43. The first kappa shape index (κ1) is 30.8. The number of hydrogen-bond donors (Lipinski definition) is 3. The summed E-state index contributed by atoms with van der Waals surface area (Å²) in [6.07, 6.45) is -0.186. The van der Waals surface area contributed by atoms with Crippen molar-refractivity contribution in [1.29, 1.82) is 0 Å². The second-order valence-electron chi connectivity index (χ2n) is 11.2. The lowest BCUT2D eigenvalue weighted by molar-refractivity contribution is -0.129. The van der Waals surface area contributed by atoms with Crippen molar-refractivity contribution in [2.45, 2.75) is 38.3 Å². The molecular formula is C27H31FN4O8S2. The molecule has 3 N–H and O–H groups in total. The van der Waals surface area contributed by atoms with E-state index in [-0.39, 0.29) is 17.9 Å². The van der Waals surface area contributed by atoms with E-state index >= 15 is 0 Å². The zero-order chi connectivity index (χ0) is 31.4. The number of halogens is 1. The van der Waals surface area contributed by atoms with Crippen LogP contribution in [0.5, 0.6) is 0 Å². The van der Waals surface area contributed by atoms with E-state index in [9.17, 15) is 35.9 Å². The number of carbonyl (C=O) groups is 2. The van der Waals surface area contributed by atoms with Crippen LogP contribution in [0.2, 0.25) is 0 Å². The van der Waals surface area contributed by atoms with Crippen LogP contribution in [0.3, 0.4) is 0 Å². The van der Waals surface area contributed by atoms with E-state index < -0.39 is 76.2 Å². The van der Waals surface area contributed by atoms with Gasteiger partial charge < -0.3 is 25.0 Å². The number of sulfone groups is 1. The minimum atomic E-state index is -4.70. The summed E-state index contributed by atoms with van der Waals surface area (Å²) < 4.78 is 72.3. The highest BCUT2D eigenvalue weighted by Gasteiger charge is 2.49. The number of sulfonamides is 1. The van der Waals surface area contributed by atoms with Crippen molar-refractivity contribution in [2.24, 2.45) is 5.41 Å². The molecule has 42 heavy (non-hydrogen) atoms. The molecule has 2 aliphatic rings. The van der Waals surface area contributed by atoms with Crippen molar-refractivity contribution in [3.8, 4) is 0 Å². The Hall–Kier alpha value is -4.11. The first-order valence-electron chi connectivity index (χ1n) is 12.6. The van der Waals surface area contributed by atoms with Gasteiger partial charge in [0.25, 0.3) is 11.0 Å². The molecule has 0 saturated heterocycles. The Kier molecular flexibility index (Phi) is 7.80. The van der Waals surface area contributed by atoms with E-state index in [1.54, 1.807) is 20.8 Å². The van der Waals surface area contributed by atoms with Crippen molar-refractivity contribution in [2.75, 3.05) is 30.4 Å². The third kappa shape index (κ3) is 5.92. The number of ether oxygens (including phenoxy) is 1. The molecule has 12 nitrogen and oxygen atoms in total. The van der Waals surface area contributed by atoms with Crippen LogP contribution in [-0.2, 0) is 35.9 Å². The van der Waals surface area contributed by atoms with Gasteiger partial charge in [0.1, 0.15) is 27.7 Å². The quantitative estimate of drug-likeness (QED) is 0.438. The van der Waals surface area contributed by atoms with Crippen LogP contribution < -0.4 is 10.0 Å². The van der Waals surface area contributed by atoms with Gasteiger partial charge in [-0.15, -0.1) is 0 Å². The van der Waals surface area contributed by atoms with Gasteiger partial charge in [-0.3, -0.25) is 9.52 Å². The Morgan fingerprint density at radius 2 is 1.79 bits per heavy atom. The molecule has 0 spiro atoms. The second-order valence-corrected chi connectivity index (χ2v) is 14.8. The topological polar surface area (TPSA) is 162 Å². The number of aliphatic hydroxyl groups excluding tert-OH is 1. The molecule has 15 heteroatoms. The smallest absolute Gasteiger partial charge is 0.415 e. The molecule has 2 heterocycles. The van der Waals surface area contributed by atoms with Gasteiger partial charge in [-0.05, 0) is 41.3 Å². The lowest BCUT2D eigenvalue weighted by atomic mass is 9.85. The average molecular weight is 623 g/mol. The minimum absolute atomic E-state index is 0.0431. The highest BCUT2D eigenvalue weighted by Crippen LogP contribution is 2.45. The summed E-state index contributed by atoms with van der Waals surface area (Å²) in [4.78, 5) is 28.5. The zero-order valence-electron chi connectivity index (χ0n) is 23.7. The first-order chi connectivity index (χ1) is 19.3. The average Bonchev–Trinajstić information content (AvgIpc) is 3.10. The van der Waals surface area contributed by atoms with Crippen LogP contribution >= 0.6 is 0 Å². The monoisotopic (exact) mass is 622 g/mol. The largest absolute Gasteiger partial charge is 0.509 e. The van der Waals surface area contributed by atoms with Crippen LogP contribution in [0.15, 0.2) is 69.5 Å². The second kappa shape index (κ2) is 10.6. The number of nitrogens with zero attached hydrogens (tertiary/aromatic N) is 2. The normalized spacial score (nSPS) is 18.5. The molecule has 0 aromatic heterocycles. The lowest BCUT2D eigenvalue weighted by Gasteiger charge is -2.35. The van der Waals surface area contributed by atoms with Gasteiger partial charge in [-0.2, -0.15) is 0 Å². The fourth-order valence-electron chi connectivity index (χ4n) is 4.70. The van der Waals surface area contributed by atoms with Crippen molar-refractivity contribution in [3.05, 3.63) is 76.0 Å². The number of carbonyl (C=O) groups excluding carboxylic acids is 2. The number of benzene rings is 2. The standard InChI is InChI=1S/C27H31FN4O8S2/c1-27(2,3)23-22(33)20(24(34)32(23)14-15-7-9-16(28)10-8-15)21-25(40-26(35)31(4)5)42(38,39)19-13-17(30-41(6,36)37)11-12-18(19)29-21/h7-13,23,29-30,33H,14H2,1-6H3/t23-/m1/s1. The van der Waals surface area contributed by atoms with Gasteiger partial charge in [-0.25, -0.2) is 26.0 Å². The number of hydrogen-bond acceptors (Lipinski definition) is 9. The van der Waals surface area contributed by atoms with E-state index in [1.165, 1.54) is 55.4 Å². The minimum Gasteiger partial charge on any atom is -0.509 e. The van der Waals surface area contributed by atoms with Gasteiger partial charge >= 0.3 is 6.09 Å². The molecule has 226 valence electrons. The fraction of sp³-hybridized carbons (Fsp3) is 0.333. The van der Waals surface area contributed by atoms with E-state index in [1.807, 2.05) is 0 Å². The molecular weight excluding hydrogens is 591 g/mol. The Morgan fingerprint density at radius 3 is 2.33 bits per heavy atom. The van der Waals surface area contributed by atoms with E-state index in [4.69, 9.17) is 4.74 Å². The van der Waals surface area contributed by atoms with Crippen molar-refractivity contribution in [3.63, 3.8) is 0 Å². The molecule has 0 saturated carbocycles. The zero-order valence-corrected chi connectivity index (χ0v) is 25.4. The molecule has 4 rings (SSSR count). The molecule has 1 atom stereocenters. The fourth-order valence-corrected chi connectivity index (χ4v) is 6.75. The molecule has 0 aliphatic carbocycles. The maximum Gasteiger partial charge on any atom is 0.415 e. The van der Waals surface area contributed by atoms with Crippen LogP contribution in [0.4, 0.5) is 20.6 Å². The highest BCUT2D eigenvalue weighted by molar-refractivity contribution is 7.95. The molecule has 2 aliphatic heterocycles. The predicted molar refractivity (Wildman–Crippen MR) is 153 cm³/mol. The third-order valence-electron chi connectivity index (χ3n) is 6.47. The molecule has 2 aromatic rings. The van der Waals surface area contributed by atoms with Crippen molar-refractivity contribution in [1.82, 2.24) is 9.80 Å². The predicted octanol–water partition coefficient (Wildman–Crippen LogP) is 3.53. The van der Waals surface area contributed by atoms with Crippen LogP contribution in [-0.4, -0.2) is 70.1 Å². The number of amides is 2. The van der Waals surface area contributed by atoms with Crippen LogP contribution in [0, 0.1) is 11.2 Å². The van der Waals surface area contributed by atoms with Crippen molar-refractivity contribution < 1.29 is 40.7 Å². The third-order valence-corrected chi connectivity index (χ3v) is 8.76. The summed E-state index contributed by atoms with van der Waals surface area (Å²) in [5, 5.41) is 13.4. The number of aliphatic hydroxyl groups is 1. The van der Waals surface area contributed by atoms with Crippen LogP contribution in [0.25, 0.3) is 0 Å². The molecule has 2 aromatic carbocycles. The Morgan fingerprint density at radius 1 is 1.17 bits per heavy atom. The van der Waals surface area contributed by atoms with Gasteiger partial charge in [-0.1, -0.05) is 32.9 Å². The van der Waals surface area contributed by atoms with E-state index in [2.05, 4.69) is 10.0 Å². The summed E-state index contributed by atoms with van der Waals surface area (Å²) in [5.41, 5.74) is -1.19. The number of rotatable bonds is 6. The summed E-state index contributed by atoms with van der Waals surface area (Å²) >= 11 is 0. The molecule has 0 unspecified atom stereocenters. The van der Waals surface area contributed by atoms with Gasteiger partial charge in [0.15, 0.2) is 0 Å². The van der Waals surface area contributed by atoms with E-state index in [0.29, 0.717) is 5.56 Å². The Bertz CT molecular complexity index is 1740. The van der Waals surface area contributed by atoms with Gasteiger partial charge in [0, 0.05) is 26.3 Å². The van der Waals surface area contributed by atoms with E-state index in [0.717, 1.165) is 17.2 Å². The van der Waals surface area contributed by atoms with Crippen molar-refractivity contribution >= 4 is 43.2 Å². The SMILES string of the molecule is CN(C)C(=O)OC1=C(C2=C(O)[C@H](C(C)(C)C)N(Cc3ccc(F)cc3)C2=O)Nc2ccc(NS(C)(=O)=O)cc2S1(=O)=O. The molecule has 0 radical (unpaired) electrons. The van der Waals surface area contributed by atoms with Crippen LogP contribution in [0.1, 0.15) is 26.3 Å². The summed E-state index contributed by atoms with van der Waals surface area (Å²) in [6, 6.07) is 8.14. The maximum atomic E-state index is 14.0.